The summed E-state index contributed by atoms with van der Waals surface area (Å²) in [6.07, 6.45) is 3.31. The number of hydrogen-bond acceptors (Lipinski definition) is 3. The number of hydrogen-bond donors (Lipinski definition) is 3. The van der Waals surface area contributed by atoms with Crippen LogP contribution in [0.4, 0.5) is 4.39 Å². The van der Waals surface area contributed by atoms with E-state index in [0.717, 1.165) is 25.3 Å². The van der Waals surface area contributed by atoms with Crippen LogP contribution in [0, 0.1) is 5.82 Å². The minimum Gasteiger partial charge on any atom is -0.508 e. The average Bonchev–Trinajstić information content (AvgIpc) is 2.36. The number of amides is 1. The summed E-state index contributed by atoms with van der Waals surface area (Å²) in [6, 6.07) is 4.24. The van der Waals surface area contributed by atoms with Gasteiger partial charge in [-0.15, -0.1) is 0 Å². The first-order valence-corrected chi connectivity index (χ1v) is 6.59. The molecule has 5 heteroatoms. The second-order valence-electron chi connectivity index (χ2n) is 5.07. The molecule has 2 unspecified atom stereocenters. The molecule has 1 aromatic rings. The Kier molecular flexibility index (Phi) is 4.37. The molecule has 1 saturated heterocycles. The van der Waals surface area contributed by atoms with Crippen molar-refractivity contribution in [2.24, 2.45) is 0 Å². The van der Waals surface area contributed by atoms with E-state index in [2.05, 4.69) is 17.6 Å². The molecule has 2 rings (SSSR count). The third-order valence-corrected chi connectivity index (χ3v) is 3.42. The predicted octanol–water partition coefficient (Wildman–Crippen LogP) is 1.79. The van der Waals surface area contributed by atoms with Gasteiger partial charge in [0.15, 0.2) is 0 Å². The SMILES string of the molecule is CC1CCCC(CNC(=O)c2ccc(O)cc2F)N1. The van der Waals surface area contributed by atoms with Crippen LogP contribution in [0.5, 0.6) is 5.75 Å². The molecule has 0 spiro atoms. The lowest BCUT2D eigenvalue weighted by Crippen LogP contribution is -2.47. The number of phenols is 1. The van der Waals surface area contributed by atoms with Gasteiger partial charge in [-0.3, -0.25) is 4.79 Å². The van der Waals surface area contributed by atoms with Crippen molar-refractivity contribution < 1.29 is 14.3 Å². The van der Waals surface area contributed by atoms with Crippen molar-refractivity contribution in [3.05, 3.63) is 29.6 Å². The molecular formula is C14H19FN2O2. The maximum atomic E-state index is 13.5. The van der Waals surface area contributed by atoms with E-state index in [4.69, 9.17) is 5.11 Å². The maximum absolute atomic E-state index is 13.5. The zero-order valence-electron chi connectivity index (χ0n) is 10.9. The largest absolute Gasteiger partial charge is 0.508 e. The zero-order valence-corrected chi connectivity index (χ0v) is 10.9. The van der Waals surface area contributed by atoms with Crippen LogP contribution in [-0.2, 0) is 0 Å². The zero-order chi connectivity index (χ0) is 13.8. The van der Waals surface area contributed by atoms with E-state index >= 15 is 0 Å². The second-order valence-corrected chi connectivity index (χ2v) is 5.07. The Morgan fingerprint density at radius 3 is 3.00 bits per heavy atom. The van der Waals surface area contributed by atoms with Gasteiger partial charge in [0.05, 0.1) is 5.56 Å². The number of carbonyl (C=O) groups excluding carboxylic acids is 1. The molecule has 0 aromatic heterocycles. The van der Waals surface area contributed by atoms with E-state index in [1.54, 1.807) is 0 Å². The molecule has 4 nitrogen and oxygen atoms in total. The molecule has 0 bridgehead atoms. The van der Waals surface area contributed by atoms with Crippen LogP contribution in [-0.4, -0.2) is 29.6 Å². The van der Waals surface area contributed by atoms with Crippen LogP contribution in [0.2, 0.25) is 0 Å². The molecule has 0 saturated carbocycles. The molecule has 1 amide bonds. The molecule has 2 atom stereocenters. The molecule has 0 aliphatic carbocycles. The number of halogens is 1. The Morgan fingerprint density at radius 2 is 2.32 bits per heavy atom. The van der Waals surface area contributed by atoms with E-state index in [1.165, 1.54) is 12.1 Å². The number of rotatable bonds is 3. The molecule has 1 aliphatic heterocycles. The van der Waals surface area contributed by atoms with Crippen molar-refractivity contribution in [3.63, 3.8) is 0 Å². The van der Waals surface area contributed by atoms with Crippen LogP contribution in [0.15, 0.2) is 18.2 Å². The first-order chi connectivity index (χ1) is 9.06. The highest BCUT2D eigenvalue weighted by molar-refractivity contribution is 5.94. The molecule has 3 N–H and O–H groups in total. The summed E-state index contributed by atoms with van der Waals surface area (Å²) < 4.78 is 13.5. The molecule has 0 radical (unpaired) electrons. The van der Waals surface area contributed by atoms with Crippen molar-refractivity contribution in [2.45, 2.75) is 38.3 Å². The van der Waals surface area contributed by atoms with Crippen molar-refractivity contribution in [1.29, 1.82) is 0 Å². The number of benzene rings is 1. The summed E-state index contributed by atoms with van der Waals surface area (Å²) in [5, 5.41) is 15.2. The van der Waals surface area contributed by atoms with Gasteiger partial charge in [-0.2, -0.15) is 0 Å². The van der Waals surface area contributed by atoms with Crippen LogP contribution in [0.1, 0.15) is 36.5 Å². The number of nitrogens with one attached hydrogen (secondary N) is 2. The van der Waals surface area contributed by atoms with Gasteiger partial charge in [0.2, 0.25) is 0 Å². The maximum Gasteiger partial charge on any atom is 0.254 e. The summed E-state index contributed by atoms with van der Waals surface area (Å²) >= 11 is 0. The van der Waals surface area contributed by atoms with Crippen LogP contribution in [0.3, 0.4) is 0 Å². The Labute approximate surface area is 112 Å². The highest BCUT2D eigenvalue weighted by atomic mass is 19.1. The fraction of sp³-hybridized carbons (Fsp3) is 0.500. The average molecular weight is 266 g/mol. The van der Waals surface area contributed by atoms with Gasteiger partial charge < -0.3 is 15.7 Å². The first-order valence-electron chi connectivity index (χ1n) is 6.59. The monoisotopic (exact) mass is 266 g/mol. The summed E-state index contributed by atoms with van der Waals surface area (Å²) in [4.78, 5) is 11.8. The van der Waals surface area contributed by atoms with E-state index in [9.17, 15) is 9.18 Å². The Bertz CT molecular complexity index is 465. The van der Waals surface area contributed by atoms with Gasteiger partial charge in [0.25, 0.3) is 5.91 Å². The third-order valence-electron chi connectivity index (χ3n) is 3.42. The molecule has 1 aromatic carbocycles. The molecular weight excluding hydrogens is 247 g/mol. The first kappa shape index (κ1) is 13.8. The Balaban J connectivity index is 1.90. The van der Waals surface area contributed by atoms with Gasteiger partial charge in [-0.1, -0.05) is 6.42 Å². The Hall–Kier alpha value is -1.62. The summed E-state index contributed by atoms with van der Waals surface area (Å²) in [6.45, 7) is 2.61. The number of aromatic hydroxyl groups is 1. The predicted molar refractivity (Wildman–Crippen MR) is 70.6 cm³/mol. The van der Waals surface area contributed by atoms with Gasteiger partial charge in [-0.05, 0) is 31.9 Å². The topological polar surface area (TPSA) is 61.4 Å². The van der Waals surface area contributed by atoms with E-state index in [-0.39, 0.29) is 17.4 Å². The lowest BCUT2D eigenvalue weighted by atomic mass is 9.99. The molecule has 19 heavy (non-hydrogen) atoms. The fourth-order valence-corrected chi connectivity index (χ4v) is 2.40. The summed E-state index contributed by atoms with van der Waals surface area (Å²) in [5.41, 5.74) is -0.0401. The van der Waals surface area contributed by atoms with Crippen molar-refractivity contribution in [2.75, 3.05) is 6.54 Å². The van der Waals surface area contributed by atoms with Gasteiger partial charge >= 0.3 is 0 Å². The standard InChI is InChI=1S/C14H19FN2O2/c1-9-3-2-4-10(17-9)8-16-14(19)12-6-5-11(18)7-13(12)15/h5-7,9-10,17-18H,2-4,8H2,1H3,(H,16,19). The van der Waals surface area contributed by atoms with Crippen LogP contribution < -0.4 is 10.6 Å². The lowest BCUT2D eigenvalue weighted by Gasteiger charge is -2.28. The van der Waals surface area contributed by atoms with Gasteiger partial charge in [0, 0.05) is 24.7 Å². The Morgan fingerprint density at radius 1 is 1.53 bits per heavy atom. The minimum atomic E-state index is -0.706. The highest BCUT2D eigenvalue weighted by Crippen LogP contribution is 2.15. The summed E-state index contributed by atoms with van der Waals surface area (Å²) in [7, 11) is 0. The molecule has 104 valence electrons. The molecule has 1 aliphatic rings. The number of carbonyl (C=O) groups is 1. The normalized spacial score (nSPS) is 23.1. The van der Waals surface area contributed by atoms with E-state index in [1.807, 2.05) is 0 Å². The van der Waals surface area contributed by atoms with Crippen molar-refractivity contribution >= 4 is 5.91 Å². The van der Waals surface area contributed by atoms with E-state index in [0.29, 0.717) is 12.6 Å². The van der Waals surface area contributed by atoms with Crippen molar-refractivity contribution in [1.82, 2.24) is 10.6 Å². The number of piperidine rings is 1. The quantitative estimate of drug-likeness (QED) is 0.781. The second kappa shape index (κ2) is 6.02. The highest BCUT2D eigenvalue weighted by Gasteiger charge is 2.19. The van der Waals surface area contributed by atoms with Gasteiger partial charge in [0.1, 0.15) is 11.6 Å². The van der Waals surface area contributed by atoms with Crippen LogP contribution in [0.25, 0.3) is 0 Å². The van der Waals surface area contributed by atoms with Crippen LogP contribution >= 0.6 is 0 Å². The number of phenolic OH excluding ortho intramolecular Hbond substituents is 1. The minimum absolute atomic E-state index is 0.0401. The fourth-order valence-electron chi connectivity index (χ4n) is 2.40. The van der Waals surface area contributed by atoms with Crippen molar-refractivity contribution in [3.8, 4) is 5.75 Å². The lowest BCUT2D eigenvalue weighted by molar-refractivity contribution is 0.0942. The third kappa shape index (κ3) is 3.67. The van der Waals surface area contributed by atoms with Gasteiger partial charge in [-0.25, -0.2) is 4.39 Å². The summed E-state index contributed by atoms with van der Waals surface area (Å²) in [5.74, 6) is -1.34. The molecule has 1 heterocycles. The van der Waals surface area contributed by atoms with E-state index < -0.39 is 11.7 Å². The molecule has 1 fully saturated rings. The smallest absolute Gasteiger partial charge is 0.254 e.